The number of piperazine rings is 1. The van der Waals surface area contributed by atoms with Gasteiger partial charge in [0.2, 0.25) is 0 Å². The van der Waals surface area contributed by atoms with Crippen molar-refractivity contribution in [3.05, 3.63) is 72.4 Å². The molecule has 2 heterocycles. The number of quaternary nitrogens is 3. The van der Waals surface area contributed by atoms with E-state index in [0.29, 0.717) is 36.5 Å². The largest absolute Gasteiger partial charge is 0.545 e. The minimum atomic E-state index is -1.51. The van der Waals surface area contributed by atoms with E-state index in [1.807, 2.05) is 0 Å². The standard InChI is InChI=1S/C18H29N3O2.3C4H4O4/c22-18(16-21-10-12-23-13-11-21)15-20-8-6-19(7-9-20)14-17-4-2-1-3-5-17;3*5-3(6)1-2-4(7)8/h1-5,18,22H,6-16H2;3*1-2H,(H,5,6)(H,7,8)/b;3*2-1+. The normalized spacial score (nSPS) is 18.4. The fraction of sp³-hybridized carbons (Fsp3) is 0.400. The highest BCUT2D eigenvalue weighted by atomic mass is 16.5. The Labute approximate surface area is 270 Å². The average Bonchev–Trinajstić information content (AvgIpc) is 3.01. The number of aliphatic carboxylic acids is 6. The molecular weight excluding hydrogens is 626 g/mol. The topological polar surface area (TPSA) is 275 Å². The zero-order valence-electron chi connectivity index (χ0n) is 25.6. The molecule has 2 aliphatic rings. The summed E-state index contributed by atoms with van der Waals surface area (Å²) in [5.41, 5.74) is 1.43. The number of hydrogen-bond acceptors (Lipinski definition) is 11. The van der Waals surface area contributed by atoms with Crippen LogP contribution in [0.3, 0.4) is 0 Å². The maximum atomic E-state index is 10.4. The molecule has 17 heteroatoms. The van der Waals surface area contributed by atoms with Crippen molar-refractivity contribution < 1.29 is 83.9 Å². The highest BCUT2D eigenvalue weighted by Gasteiger charge is 2.27. The van der Waals surface area contributed by atoms with Crippen LogP contribution >= 0.6 is 0 Å². The molecule has 47 heavy (non-hydrogen) atoms. The molecule has 2 aliphatic heterocycles. The number of morpholine rings is 1. The van der Waals surface area contributed by atoms with Crippen LogP contribution in [0, 0.1) is 0 Å². The van der Waals surface area contributed by atoms with Crippen LogP contribution in [0.1, 0.15) is 5.56 Å². The van der Waals surface area contributed by atoms with Gasteiger partial charge >= 0.3 is 17.9 Å². The zero-order valence-corrected chi connectivity index (χ0v) is 25.6. The van der Waals surface area contributed by atoms with Gasteiger partial charge in [0.05, 0.1) is 31.1 Å². The summed E-state index contributed by atoms with van der Waals surface area (Å²) in [6.45, 7) is 11.5. The molecule has 260 valence electrons. The lowest BCUT2D eigenvalue weighted by molar-refractivity contribution is -1.02. The second kappa shape index (κ2) is 25.3. The fourth-order valence-electron chi connectivity index (χ4n) is 4.24. The van der Waals surface area contributed by atoms with E-state index in [2.05, 4.69) is 30.3 Å². The number of nitrogens with one attached hydrogen (secondary N) is 3. The molecule has 0 bridgehead atoms. The Morgan fingerprint density at radius 2 is 0.979 bits per heavy atom. The van der Waals surface area contributed by atoms with Gasteiger partial charge in [0.15, 0.2) is 6.10 Å². The second-order valence-electron chi connectivity index (χ2n) is 10.1. The zero-order chi connectivity index (χ0) is 35.6. The molecule has 2 saturated heterocycles. The number of rotatable bonds is 12. The Morgan fingerprint density at radius 1 is 0.617 bits per heavy atom. The van der Waals surface area contributed by atoms with Crippen LogP contribution in [0.25, 0.3) is 0 Å². The minimum Gasteiger partial charge on any atom is -0.545 e. The van der Waals surface area contributed by atoms with Gasteiger partial charge in [-0.05, 0) is 18.2 Å². The Bertz CT molecular complexity index is 1080. The van der Waals surface area contributed by atoms with Crippen LogP contribution in [0.5, 0.6) is 0 Å². The Morgan fingerprint density at radius 3 is 1.32 bits per heavy atom. The molecule has 2 fully saturated rings. The molecular formula is C30H41N3O14. The van der Waals surface area contributed by atoms with Gasteiger partial charge in [-0.1, -0.05) is 30.3 Å². The average molecular weight is 668 g/mol. The predicted octanol–water partition coefficient (Wildman–Crippen LogP) is -8.62. The lowest BCUT2D eigenvalue weighted by Gasteiger charge is -2.32. The first-order valence-corrected chi connectivity index (χ1v) is 14.3. The molecule has 7 N–H and O–H groups in total. The number of ether oxygens (including phenoxy) is 1. The number of carboxylic acids is 6. The van der Waals surface area contributed by atoms with Crippen molar-refractivity contribution in [1.29, 1.82) is 0 Å². The molecule has 0 amide bonds. The van der Waals surface area contributed by atoms with Gasteiger partial charge in [0.1, 0.15) is 58.9 Å². The van der Waals surface area contributed by atoms with E-state index >= 15 is 0 Å². The third kappa shape index (κ3) is 27.1. The first-order chi connectivity index (χ1) is 22.2. The molecule has 0 aliphatic carbocycles. The summed E-state index contributed by atoms with van der Waals surface area (Å²) in [7, 11) is 0. The summed E-state index contributed by atoms with van der Waals surface area (Å²) < 4.78 is 5.38. The van der Waals surface area contributed by atoms with E-state index in [1.165, 1.54) is 36.6 Å². The molecule has 1 atom stereocenters. The van der Waals surface area contributed by atoms with Crippen LogP contribution in [0.2, 0.25) is 0 Å². The third-order valence-electron chi connectivity index (χ3n) is 6.30. The first-order valence-electron chi connectivity index (χ1n) is 14.3. The summed E-state index contributed by atoms with van der Waals surface area (Å²) >= 11 is 0. The lowest BCUT2D eigenvalue weighted by atomic mass is 10.2. The summed E-state index contributed by atoms with van der Waals surface area (Å²) in [4.78, 5) is 61.6. The van der Waals surface area contributed by atoms with Crippen molar-refractivity contribution in [2.45, 2.75) is 12.6 Å². The van der Waals surface area contributed by atoms with E-state index < -0.39 is 35.8 Å². The van der Waals surface area contributed by atoms with Crippen LogP contribution in [0.15, 0.2) is 66.8 Å². The fourth-order valence-corrected chi connectivity index (χ4v) is 4.24. The van der Waals surface area contributed by atoms with E-state index in [0.717, 1.165) is 45.9 Å². The van der Waals surface area contributed by atoms with E-state index in [9.17, 15) is 49.2 Å². The molecule has 1 unspecified atom stereocenters. The second-order valence-corrected chi connectivity index (χ2v) is 10.1. The molecule has 0 saturated carbocycles. The summed E-state index contributed by atoms with van der Waals surface area (Å²) in [5.74, 6) is -8.41. The monoisotopic (exact) mass is 667 g/mol. The van der Waals surface area contributed by atoms with Gasteiger partial charge < -0.3 is 69.6 Å². The van der Waals surface area contributed by atoms with Crippen molar-refractivity contribution in [3.63, 3.8) is 0 Å². The minimum absolute atomic E-state index is 0.172. The van der Waals surface area contributed by atoms with E-state index in [-0.39, 0.29) is 6.10 Å². The SMILES string of the molecule is O=C([O-])/C=C/C(=O)O.O=C([O-])/C=C/C(=O)O.O=C([O-])/C=C/C(=O)O.OC(C[NH+]1CCOCC1)C[NH+]1CC[NH+](Cc2ccccc2)CC1. The number of aliphatic hydroxyl groups excluding tert-OH is 1. The number of carbonyl (C=O) groups is 6. The number of benzene rings is 1. The highest BCUT2D eigenvalue weighted by Crippen LogP contribution is 1.95. The van der Waals surface area contributed by atoms with E-state index in [1.54, 1.807) is 9.80 Å². The molecule has 3 rings (SSSR count). The molecule has 1 aromatic rings. The first kappa shape index (κ1) is 42.1. The lowest BCUT2D eigenvalue weighted by Crippen LogP contribution is -3.28. The number of carbonyl (C=O) groups excluding carboxylic acids is 3. The van der Waals surface area contributed by atoms with Crippen LogP contribution in [0.4, 0.5) is 0 Å². The van der Waals surface area contributed by atoms with Gasteiger partial charge in [0.25, 0.3) is 0 Å². The van der Waals surface area contributed by atoms with Crippen molar-refractivity contribution in [3.8, 4) is 0 Å². The highest BCUT2D eigenvalue weighted by molar-refractivity contribution is 5.89. The summed E-state index contributed by atoms with van der Waals surface area (Å²) in [6, 6.07) is 10.8. The van der Waals surface area contributed by atoms with Crippen LogP contribution < -0.4 is 30.0 Å². The van der Waals surface area contributed by atoms with E-state index in [4.69, 9.17) is 20.1 Å². The molecule has 0 radical (unpaired) electrons. The predicted molar refractivity (Wildman–Crippen MR) is 154 cm³/mol. The summed E-state index contributed by atoms with van der Waals surface area (Å²) in [5, 5.41) is 62.0. The maximum absolute atomic E-state index is 10.4. The van der Waals surface area contributed by atoms with Gasteiger partial charge in [-0.3, -0.25) is 0 Å². The van der Waals surface area contributed by atoms with Gasteiger partial charge in [-0.2, -0.15) is 0 Å². The Kier molecular flexibility index (Phi) is 22.6. The number of hydrogen-bond donors (Lipinski definition) is 7. The van der Waals surface area contributed by atoms with Gasteiger partial charge in [-0.15, -0.1) is 0 Å². The third-order valence-corrected chi connectivity index (χ3v) is 6.30. The van der Waals surface area contributed by atoms with Crippen molar-refractivity contribution in [2.75, 3.05) is 65.6 Å². The van der Waals surface area contributed by atoms with Crippen molar-refractivity contribution in [1.82, 2.24) is 0 Å². The van der Waals surface area contributed by atoms with Crippen LogP contribution in [-0.4, -0.2) is 128 Å². The molecule has 1 aromatic carbocycles. The van der Waals surface area contributed by atoms with Crippen molar-refractivity contribution in [2.24, 2.45) is 0 Å². The van der Waals surface area contributed by atoms with Crippen LogP contribution in [-0.2, 0) is 40.0 Å². The number of aliphatic hydroxyl groups is 1. The molecule has 0 spiro atoms. The smallest absolute Gasteiger partial charge is 0.328 e. The van der Waals surface area contributed by atoms with Crippen molar-refractivity contribution >= 4 is 35.8 Å². The summed E-state index contributed by atoms with van der Waals surface area (Å²) in [6.07, 6.45) is 2.65. The Balaban J connectivity index is 0.000000727. The van der Waals surface area contributed by atoms with Gasteiger partial charge in [0, 0.05) is 23.8 Å². The molecule has 0 aromatic heterocycles. The quantitative estimate of drug-likeness (QED) is 0.102. The molecule has 17 nitrogen and oxygen atoms in total. The number of carboxylic acid groups (broad SMARTS) is 6. The maximum Gasteiger partial charge on any atom is 0.328 e. The Hall–Kier alpha value is -4.94. The van der Waals surface area contributed by atoms with Gasteiger partial charge in [-0.25, -0.2) is 14.4 Å².